The van der Waals surface area contributed by atoms with E-state index in [1.165, 1.54) is 38.1 Å². The van der Waals surface area contributed by atoms with Crippen molar-refractivity contribution in [3.8, 4) is 40.1 Å². The van der Waals surface area contributed by atoms with Gasteiger partial charge in [0.05, 0.1) is 19.3 Å². The Morgan fingerprint density at radius 3 is 2.04 bits per heavy atom. The molecule has 2 fully saturated rings. The summed E-state index contributed by atoms with van der Waals surface area (Å²) >= 11 is 0. The molecule has 250 valence electrons. The number of phenolic OH excluding ortho intramolecular Hbond substituents is 2. The van der Waals surface area contributed by atoms with E-state index >= 15 is 0 Å². The molecule has 4 unspecified atom stereocenters. The average molecular weight is 651 g/mol. The van der Waals surface area contributed by atoms with Crippen LogP contribution >= 0.6 is 0 Å². The molecule has 0 saturated carbocycles. The van der Waals surface area contributed by atoms with E-state index in [0.717, 1.165) is 20.1 Å². The Balaban J connectivity index is 1.61. The fourth-order valence-electron chi connectivity index (χ4n) is 5.28. The number of rotatable bonds is 7. The molecular formula is C30H34O16. The molecule has 5 rings (SSSR count). The Labute approximate surface area is 260 Å². The highest BCUT2D eigenvalue weighted by Gasteiger charge is 2.47. The second-order valence-electron chi connectivity index (χ2n) is 10.9. The third-order valence-electron chi connectivity index (χ3n) is 7.73. The van der Waals surface area contributed by atoms with Crippen molar-refractivity contribution in [1.82, 2.24) is 0 Å². The van der Waals surface area contributed by atoms with Crippen LogP contribution in [0.1, 0.15) is 20.8 Å². The molecule has 2 aliphatic heterocycles. The largest absolute Gasteiger partial charge is 0.508 e. The van der Waals surface area contributed by atoms with Crippen LogP contribution in [0.4, 0.5) is 0 Å². The average Bonchev–Trinajstić information content (AvgIpc) is 3.01. The summed E-state index contributed by atoms with van der Waals surface area (Å²) in [6.07, 6.45) is -14.7. The number of esters is 1. The quantitative estimate of drug-likeness (QED) is 0.165. The van der Waals surface area contributed by atoms with Gasteiger partial charge in [0.15, 0.2) is 23.4 Å². The van der Waals surface area contributed by atoms with Crippen molar-refractivity contribution in [3.63, 3.8) is 0 Å². The van der Waals surface area contributed by atoms with Crippen molar-refractivity contribution in [1.29, 1.82) is 0 Å². The zero-order valence-corrected chi connectivity index (χ0v) is 25.0. The molecule has 46 heavy (non-hydrogen) atoms. The lowest BCUT2D eigenvalue weighted by Gasteiger charge is -2.40. The maximum absolute atomic E-state index is 14.0. The monoisotopic (exact) mass is 650 g/mol. The van der Waals surface area contributed by atoms with Crippen LogP contribution in [0.25, 0.3) is 22.3 Å². The van der Waals surface area contributed by atoms with Crippen LogP contribution in [-0.2, 0) is 19.0 Å². The predicted molar refractivity (Wildman–Crippen MR) is 153 cm³/mol. The summed E-state index contributed by atoms with van der Waals surface area (Å²) in [5.74, 6) is -3.10. The summed E-state index contributed by atoms with van der Waals surface area (Å²) in [5, 5.41) is 72.8. The molecule has 0 radical (unpaired) electrons. The van der Waals surface area contributed by atoms with Gasteiger partial charge in [-0.3, -0.25) is 9.59 Å². The second-order valence-corrected chi connectivity index (χ2v) is 10.9. The maximum Gasteiger partial charge on any atom is 0.303 e. The number of ether oxygens (including phenoxy) is 6. The SMILES string of the molecule is COc1c(O[C@@H]2O[C@@H](C)[C@H](OC(C)=O)C(O)C2O)cc2oc(-c3ccc(O)cc3)c(O[C@@H]3OC(C)[C@H](O)C(O)[C@@H]3O)c(=O)c2c1O. The lowest BCUT2D eigenvalue weighted by atomic mass is 9.99. The van der Waals surface area contributed by atoms with Gasteiger partial charge in [-0.15, -0.1) is 0 Å². The van der Waals surface area contributed by atoms with E-state index in [1.54, 1.807) is 0 Å². The number of aliphatic hydroxyl groups is 5. The van der Waals surface area contributed by atoms with Gasteiger partial charge in [-0.2, -0.15) is 0 Å². The van der Waals surface area contributed by atoms with Crippen LogP contribution in [0.5, 0.6) is 28.7 Å². The molecule has 2 saturated heterocycles. The van der Waals surface area contributed by atoms with E-state index in [9.17, 15) is 45.3 Å². The van der Waals surface area contributed by atoms with Crippen molar-refractivity contribution in [2.24, 2.45) is 0 Å². The summed E-state index contributed by atoms with van der Waals surface area (Å²) < 4.78 is 39.1. The molecule has 2 aliphatic rings. The first-order valence-corrected chi connectivity index (χ1v) is 14.1. The molecule has 3 heterocycles. The van der Waals surface area contributed by atoms with Gasteiger partial charge in [0.2, 0.25) is 29.5 Å². The molecular weight excluding hydrogens is 616 g/mol. The van der Waals surface area contributed by atoms with Crippen LogP contribution in [0.2, 0.25) is 0 Å². The number of carbonyl (C=O) groups excluding carboxylic acids is 1. The van der Waals surface area contributed by atoms with Crippen molar-refractivity contribution in [2.45, 2.75) is 82.2 Å². The van der Waals surface area contributed by atoms with Gasteiger partial charge >= 0.3 is 5.97 Å². The smallest absolute Gasteiger partial charge is 0.303 e. The van der Waals surface area contributed by atoms with Crippen molar-refractivity contribution < 1.29 is 73.4 Å². The van der Waals surface area contributed by atoms with Crippen LogP contribution < -0.4 is 19.6 Å². The Bertz CT molecular complexity index is 1640. The molecule has 1 aromatic heterocycles. The van der Waals surface area contributed by atoms with Gasteiger partial charge in [0, 0.05) is 18.6 Å². The molecule has 0 amide bonds. The molecule has 10 atom stereocenters. The van der Waals surface area contributed by atoms with Crippen LogP contribution in [0.15, 0.2) is 39.5 Å². The van der Waals surface area contributed by atoms with E-state index in [1.807, 2.05) is 0 Å². The predicted octanol–water partition coefficient (Wildman–Crippen LogP) is -0.137. The fourth-order valence-corrected chi connectivity index (χ4v) is 5.28. The van der Waals surface area contributed by atoms with E-state index in [4.69, 9.17) is 32.8 Å². The van der Waals surface area contributed by atoms with E-state index in [0.29, 0.717) is 0 Å². The van der Waals surface area contributed by atoms with Crippen LogP contribution in [0.3, 0.4) is 0 Å². The minimum absolute atomic E-state index is 0.109. The number of fused-ring (bicyclic) bond motifs is 1. The van der Waals surface area contributed by atoms with Gasteiger partial charge in [-0.05, 0) is 38.1 Å². The molecule has 2 aromatic carbocycles. The Morgan fingerprint density at radius 2 is 1.41 bits per heavy atom. The number of aliphatic hydroxyl groups excluding tert-OH is 5. The highest BCUT2D eigenvalue weighted by atomic mass is 16.7. The normalized spacial score (nSPS) is 31.3. The molecule has 16 heteroatoms. The van der Waals surface area contributed by atoms with Gasteiger partial charge in [0.1, 0.15) is 47.2 Å². The van der Waals surface area contributed by atoms with Crippen molar-refractivity contribution in [2.75, 3.05) is 7.11 Å². The van der Waals surface area contributed by atoms with Gasteiger partial charge in [-0.25, -0.2) is 0 Å². The fraction of sp³-hybridized carbons (Fsp3) is 0.467. The number of hydrogen-bond acceptors (Lipinski definition) is 16. The van der Waals surface area contributed by atoms with E-state index in [-0.39, 0.29) is 28.4 Å². The van der Waals surface area contributed by atoms with E-state index < -0.39 is 95.4 Å². The highest BCUT2D eigenvalue weighted by Crippen LogP contribution is 2.45. The Kier molecular flexibility index (Phi) is 9.33. The molecule has 0 spiro atoms. The third kappa shape index (κ3) is 6.03. The molecule has 3 aromatic rings. The lowest BCUT2D eigenvalue weighted by Crippen LogP contribution is -2.59. The number of phenols is 2. The van der Waals surface area contributed by atoms with Gasteiger partial charge in [0.25, 0.3) is 0 Å². The number of aromatic hydroxyl groups is 2. The number of hydrogen-bond donors (Lipinski definition) is 7. The summed E-state index contributed by atoms with van der Waals surface area (Å²) in [5.41, 5.74) is -1.06. The molecule has 0 aliphatic carbocycles. The molecule has 16 nitrogen and oxygen atoms in total. The summed E-state index contributed by atoms with van der Waals surface area (Å²) in [7, 11) is 1.16. The zero-order chi connectivity index (χ0) is 33.6. The Hall–Kier alpha value is -4.16. The van der Waals surface area contributed by atoms with Crippen molar-refractivity contribution >= 4 is 16.9 Å². The first kappa shape index (κ1) is 33.2. The van der Waals surface area contributed by atoms with Gasteiger partial charge in [-0.1, -0.05) is 0 Å². The number of methoxy groups -OCH3 is 1. The van der Waals surface area contributed by atoms with Crippen LogP contribution in [-0.4, -0.2) is 110 Å². The number of benzene rings is 2. The third-order valence-corrected chi connectivity index (χ3v) is 7.73. The lowest BCUT2D eigenvalue weighted by molar-refractivity contribution is -0.272. The van der Waals surface area contributed by atoms with Gasteiger partial charge < -0.3 is 68.6 Å². The topological polar surface area (TPSA) is 244 Å². The van der Waals surface area contributed by atoms with Crippen molar-refractivity contribution in [3.05, 3.63) is 40.6 Å². The first-order chi connectivity index (χ1) is 21.7. The first-order valence-electron chi connectivity index (χ1n) is 14.1. The summed E-state index contributed by atoms with van der Waals surface area (Å²) in [6.45, 7) is 4.03. The van der Waals surface area contributed by atoms with E-state index in [2.05, 4.69) is 0 Å². The second kappa shape index (κ2) is 12.9. The Morgan fingerprint density at radius 1 is 0.804 bits per heavy atom. The van der Waals surface area contributed by atoms with Crippen LogP contribution in [0, 0.1) is 0 Å². The standard InChI is InChI=1S/C30H34O16/c1-10-18(33)21(36)23(38)30(41-10)46-28-20(35)17-15(44-26(28)13-5-7-14(32)8-6-13)9-16(27(40-4)19(17)34)45-29-24(39)22(37)25(11(2)42-29)43-12(3)31/h5-11,18,21-25,29-30,32-34,36-39H,1-4H3/t10?,11-,18-,21?,22?,23-,24?,25-,29-,30-/m0/s1. The molecule has 0 bridgehead atoms. The summed E-state index contributed by atoms with van der Waals surface area (Å²) in [4.78, 5) is 25.4. The minimum Gasteiger partial charge on any atom is -0.508 e. The minimum atomic E-state index is -1.80. The summed E-state index contributed by atoms with van der Waals surface area (Å²) in [6, 6.07) is 6.54. The zero-order valence-electron chi connectivity index (χ0n) is 25.0. The molecule has 7 N–H and O–H groups in total. The maximum atomic E-state index is 14.0. The highest BCUT2D eigenvalue weighted by molar-refractivity contribution is 5.91. The number of carbonyl (C=O) groups is 1.